The molecular formula is C11H22N2O2. The summed E-state index contributed by atoms with van der Waals surface area (Å²) in [5.74, 6) is 0.359. The molecule has 0 spiro atoms. The van der Waals surface area contributed by atoms with E-state index in [1.165, 1.54) is 0 Å². The van der Waals surface area contributed by atoms with Crippen LogP contribution in [0.2, 0.25) is 0 Å². The number of carbonyl (C=O) groups is 1. The lowest BCUT2D eigenvalue weighted by Crippen LogP contribution is -2.32. The third-order valence-electron chi connectivity index (χ3n) is 2.86. The van der Waals surface area contributed by atoms with E-state index in [0.717, 1.165) is 25.9 Å². The average Bonchev–Trinajstić information content (AvgIpc) is 2.46. The Morgan fingerprint density at radius 2 is 2.27 bits per heavy atom. The van der Waals surface area contributed by atoms with Gasteiger partial charge in [-0.25, -0.2) is 0 Å². The van der Waals surface area contributed by atoms with E-state index in [2.05, 4.69) is 18.7 Å². The summed E-state index contributed by atoms with van der Waals surface area (Å²) in [7, 11) is 0. The Hall–Kier alpha value is -0.610. The number of unbranched alkanes of at least 4 members (excludes halogenated alkanes) is 1. The Labute approximate surface area is 91.8 Å². The number of hydrogen-bond acceptors (Lipinski definition) is 4. The molecule has 1 fully saturated rings. The van der Waals surface area contributed by atoms with Crippen LogP contribution in [0.15, 0.2) is 0 Å². The first-order valence-corrected chi connectivity index (χ1v) is 5.77. The molecule has 1 rings (SSSR count). The molecule has 0 aliphatic carbocycles. The smallest absolute Gasteiger partial charge is 0.320 e. The van der Waals surface area contributed by atoms with Gasteiger partial charge in [-0.2, -0.15) is 0 Å². The molecule has 1 aliphatic heterocycles. The number of nitrogens with zero attached hydrogens (tertiary/aromatic N) is 1. The molecule has 2 unspecified atom stereocenters. The molecular weight excluding hydrogens is 192 g/mol. The fraction of sp³-hybridized carbons (Fsp3) is 0.909. The molecule has 0 aromatic carbocycles. The lowest BCUT2D eigenvalue weighted by atomic mass is 10.1. The van der Waals surface area contributed by atoms with Crippen molar-refractivity contribution in [3.8, 4) is 0 Å². The monoisotopic (exact) mass is 214 g/mol. The molecule has 1 aliphatic rings. The first-order valence-electron chi connectivity index (χ1n) is 5.77. The molecule has 88 valence electrons. The van der Waals surface area contributed by atoms with Gasteiger partial charge in [0.2, 0.25) is 0 Å². The van der Waals surface area contributed by atoms with E-state index in [9.17, 15) is 4.79 Å². The number of likely N-dealkylation sites (tertiary alicyclic amines) is 1. The standard InChI is InChI=1S/C11H22N2O2/c1-3-4-5-15-11(14)8-13-6-9(2)10(12)7-13/h9-10H,3-8,12H2,1-2H3. The van der Waals surface area contributed by atoms with Gasteiger partial charge in [-0.05, 0) is 12.3 Å². The maximum Gasteiger partial charge on any atom is 0.320 e. The third-order valence-corrected chi connectivity index (χ3v) is 2.86. The average molecular weight is 214 g/mol. The van der Waals surface area contributed by atoms with Crippen molar-refractivity contribution >= 4 is 5.97 Å². The van der Waals surface area contributed by atoms with Crippen molar-refractivity contribution in [3.05, 3.63) is 0 Å². The molecule has 0 saturated carbocycles. The van der Waals surface area contributed by atoms with Gasteiger partial charge in [0.15, 0.2) is 0 Å². The zero-order valence-electron chi connectivity index (χ0n) is 9.74. The van der Waals surface area contributed by atoms with E-state index in [0.29, 0.717) is 19.1 Å². The van der Waals surface area contributed by atoms with Crippen LogP contribution < -0.4 is 5.73 Å². The quantitative estimate of drug-likeness (QED) is 0.538. The van der Waals surface area contributed by atoms with Crippen molar-refractivity contribution < 1.29 is 9.53 Å². The SMILES string of the molecule is CCCCOC(=O)CN1CC(C)C(N)C1. The second kappa shape index (κ2) is 6.08. The highest BCUT2D eigenvalue weighted by molar-refractivity contribution is 5.71. The normalized spacial score (nSPS) is 26.9. The molecule has 15 heavy (non-hydrogen) atoms. The maximum absolute atomic E-state index is 11.4. The number of nitrogens with two attached hydrogens (primary N) is 1. The first-order chi connectivity index (χ1) is 7.13. The van der Waals surface area contributed by atoms with Crippen LogP contribution in [0.3, 0.4) is 0 Å². The van der Waals surface area contributed by atoms with Crippen LogP contribution in [0.5, 0.6) is 0 Å². The van der Waals surface area contributed by atoms with E-state index in [1.807, 2.05) is 0 Å². The largest absolute Gasteiger partial charge is 0.465 e. The summed E-state index contributed by atoms with van der Waals surface area (Å²) in [6.45, 7) is 6.85. The van der Waals surface area contributed by atoms with E-state index in [-0.39, 0.29) is 12.0 Å². The summed E-state index contributed by atoms with van der Waals surface area (Å²) in [6.07, 6.45) is 2.00. The molecule has 1 saturated heterocycles. The minimum atomic E-state index is -0.121. The highest BCUT2D eigenvalue weighted by Gasteiger charge is 2.27. The van der Waals surface area contributed by atoms with E-state index in [1.54, 1.807) is 0 Å². The summed E-state index contributed by atoms with van der Waals surface area (Å²) in [5.41, 5.74) is 5.87. The molecule has 2 atom stereocenters. The van der Waals surface area contributed by atoms with Crippen LogP contribution in [0, 0.1) is 5.92 Å². The summed E-state index contributed by atoms with van der Waals surface area (Å²) in [5, 5.41) is 0. The molecule has 0 bridgehead atoms. The summed E-state index contributed by atoms with van der Waals surface area (Å²) in [4.78, 5) is 13.5. The van der Waals surface area contributed by atoms with Gasteiger partial charge < -0.3 is 10.5 Å². The van der Waals surface area contributed by atoms with Crippen LogP contribution in [0.25, 0.3) is 0 Å². The van der Waals surface area contributed by atoms with Crippen molar-refractivity contribution in [2.24, 2.45) is 11.7 Å². The van der Waals surface area contributed by atoms with Crippen molar-refractivity contribution in [3.63, 3.8) is 0 Å². The molecule has 0 radical (unpaired) electrons. The topological polar surface area (TPSA) is 55.6 Å². The number of carbonyl (C=O) groups excluding carboxylic acids is 1. The highest BCUT2D eigenvalue weighted by atomic mass is 16.5. The predicted molar refractivity (Wildman–Crippen MR) is 59.4 cm³/mol. The minimum absolute atomic E-state index is 0.121. The lowest BCUT2D eigenvalue weighted by Gasteiger charge is -2.13. The molecule has 0 aromatic rings. The first kappa shape index (κ1) is 12.5. The summed E-state index contributed by atoms with van der Waals surface area (Å²) < 4.78 is 5.09. The van der Waals surface area contributed by atoms with Gasteiger partial charge in [0.25, 0.3) is 0 Å². The van der Waals surface area contributed by atoms with Crippen molar-refractivity contribution in [1.29, 1.82) is 0 Å². The molecule has 2 N–H and O–H groups in total. The van der Waals surface area contributed by atoms with E-state index in [4.69, 9.17) is 10.5 Å². The zero-order chi connectivity index (χ0) is 11.3. The van der Waals surface area contributed by atoms with Crippen LogP contribution in [0.1, 0.15) is 26.7 Å². The molecule has 0 aromatic heterocycles. The zero-order valence-corrected chi connectivity index (χ0v) is 9.74. The lowest BCUT2D eigenvalue weighted by molar-refractivity contribution is -0.144. The molecule has 1 heterocycles. The molecule has 0 amide bonds. The highest BCUT2D eigenvalue weighted by Crippen LogP contribution is 2.13. The van der Waals surface area contributed by atoms with Gasteiger partial charge in [0.1, 0.15) is 0 Å². The van der Waals surface area contributed by atoms with E-state index < -0.39 is 0 Å². The van der Waals surface area contributed by atoms with Gasteiger partial charge in [0, 0.05) is 19.1 Å². The minimum Gasteiger partial charge on any atom is -0.465 e. The Morgan fingerprint density at radius 1 is 1.53 bits per heavy atom. The van der Waals surface area contributed by atoms with Crippen molar-refractivity contribution in [2.45, 2.75) is 32.7 Å². The van der Waals surface area contributed by atoms with Crippen LogP contribution in [-0.4, -0.2) is 43.2 Å². The van der Waals surface area contributed by atoms with Gasteiger partial charge in [-0.15, -0.1) is 0 Å². The van der Waals surface area contributed by atoms with Crippen LogP contribution in [0.4, 0.5) is 0 Å². The Balaban J connectivity index is 2.16. The molecule has 4 heteroatoms. The number of rotatable bonds is 5. The Morgan fingerprint density at radius 3 is 2.80 bits per heavy atom. The van der Waals surface area contributed by atoms with Crippen LogP contribution >= 0.6 is 0 Å². The number of hydrogen-bond donors (Lipinski definition) is 1. The second-order valence-electron chi connectivity index (χ2n) is 4.41. The maximum atomic E-state index is 11.4. The van der Waals surface area contributed by atoms with Crippen molar-refractivity contribution in [2.75, 3.05) is 26.2 Å². The Kier molecular flexibility index (Phi) is 5.05. The van der Waals surface area contributed by atoms with Crippen molar-refractivity contribution in [1.82, 2.24) is 4.90 Å². The van der Waals surface area contributed by atoms with Gasteiger partial charge in [-0.3, -0.25) is 9.69 Å². The predicted octanol–water partition coefficient (Wildman–Crippen LogP) is 0.609. The third kappa shape index (κ3) is 4.18. The fourth-order valence-electron chi connectivity index (χ4n) is 1.78. The van der Waals surface area contributed by atoms with Gasteiger partial charge >= 0.3 is 5.97 Å². The number of esters is 1. The second-order valence-corrected chi connectivity index (χ2v) is 4.41. The molecule has 4 nitrogen and oxygen atoms in total. The number of ether oxygens (including phenoxy) is 1. The summed E-state index contributed by atoms with van der Waals surface area (Å²) in [6, 6.07) is 0.202. The Bertz CT molecular complexity index is 199. The van der Waals surface area contributed by atoms with E-state index >= 15 is 0 Å². The fourth-order valence-corrected chi connectivity index (χ4v) is 1.78. The van der Waals surface area contributed by atoms with Crippen LogP contribution in [-0.2, 0) is 9.53 Å². The summed E-state index contributed by atoms with van der Waals surface area (Å²) >= 11 is 0. The van der Waals surface area contributed by atoms with Gasteiger partial charge in [0.05, 0.1) is 13.2 Å². The van der Waals surface area contributed by atoms with Gasteiger partial charge in [-0.1, -0.05) is 20.3 Å².